The van der Waals surface area contributed by atoms with E-state index in [1.54, 1.807) is 19.2 Å². The Morgan fingerprint density at radius 2 is 1.93 bits per heavy atom. The highest BCUT2D eigenvalue weighted by Gasteiger charge is 2.26. The van der Waals surface area contributed by atoms with E-state index in [1.807, 2.05) is 50.2 Å². The minimum Gasteiger partial charge on any atom is -0.493 e. The van der Waals surface area contributed by atoms with Gasteiger partial charge in [-0.2, -0.15) is 5.10 Å². The molecular weight excluding hydrogens is 370 g/mol. The molecule has 0 aromatic heterocycles. The van der Waals surface area contributed by atoms with Gasteiger partial charge >= 0.3 is 0 Å². The first-order chi connectivity index (χ1) is 14.0. The highest BCUT2D eigenvalue weighted by Crippen LogP contribution is 2.30. The van der Waals surface area contributed by atoms with Gasteiger partial charge in [0.1, 0.15) is 5.71 Å². The van der Waals surface area contributed by atoms with Gasteiger partial charge in [-0.05, 0) is 43.7 Å². The van der Waals surface area contributed by atoms with Crippen molar-refractivity contribution in [3.63, 3.8) is 0 Å². The van der Waals surface area contributed by atoms with Gasteiger partial charge in [0, 0.05) is 12.8 Å². The maximum Gasteiger partial charge on any atom is 0.267 e. The molecule has 0 spiro atoms. The number of para-hydroxylation sites is 1. The maximum absolute atomic E-state index is 12.8. The molecular formula is C22H25N3O4. The number of hydrogen-bond acceptors (Lipinski definition) is 5. The van der Waals surface area contributed by atoms with Gasteiger partial charge in [0.25, 0.3) is 5.91 Å². The van der Waals surface area contributed by atoms with Crippen molar-refractivity contribution in [2.24, 2.45) is 5.10 Å². The van der Waals surface area contributed by atoms with Crippen LogP contribution in [0.2, 0.25) is 0 Å². The molecule has 1 N–H and O–H groups in total. The van der Waals surface area contributed by atoms with E-state index < -0.39 is 0 Å². The molecule has 152 valence electrons. The lowest BCUT2D eigenvalue weighted by molar-refractivity contribution is -0.119. The normalized spacial score (nSPS) is 14.8. The molecule has 0 aliphatic carbocycles. The summed E-state index contributed by atoms with van der Waals surface area (Å²) in [5, 5.41) is 8.54. The number of rotatable bonds is 7. The number of nitrogens with one attached hydrogen (secondary N) is 1. The molecule has 0 saturated heterocycles. The van der Waals surface area contributed by atoms with Gasteiger partial charge in [0.05, 0.1) is 25.4 Å². The highest BCUT2D eigenvalue weighted by molar-refractivity contribution is 6.40. The number of nitrogens with zero attached hydrogens (tertiary/aromatic N) is 2. The molecule has 0 fully saturated rings. The molecule has 1 heterocycles. The van der Waals surface area contributed by atoms with Crippen molar-refractivity contribution >= 4 is 23.2 Å². The summed E-state index contributed by atoms with van der Waals surface area (Å²) in [6.45, 7) is 4.33. The van der Waals surface area contributed by atoms with Crippen molar-refractivity contribution < 1.29 is 19.1 Å². The Morgan fingerprint density at radius 1 is 1.17 bits per heavy atom. The molecule has 29 heavy (non-hydrogen) atoms. The van der Waals surface area contributed by atoms with Crippen LogP contribution in [0.5, 0.6) is 11.5 Å². The third-order valence-electron chi connectivity index (χ3n) is 4.63. The molecule has 0 saturated carbocycles. The van der Waals surface area contributed by atoms with E-state index in [-0.39, 0.29) is 24.3 Å². The van der Waals surface area contributed by atoms with Crippen LogP contribution in [0.15, 0.2) is 53.6 Å². The minimum absolute atomic E-state index is 0.128. The minimum atomic E-state index is -0.293. The molecule has 0 radical (unpaired) electrons. The zero-order valence-electron chi connectivity index (χ0n) is 16.8. The molecule has 7 heteroatoms. The van der Waals surface area contributed by atoms with E-state index in [4.69, 9.17) is 9.47 Å². The fourth-order valence-corrected chi connectivity index (χ4v) is 3.08. The molecule has 7 nitrogen and oxygen atoms in total. The number of hydrogen-bond donors (Lipinski definition) is 1. The first kappa shape index (κ1) is 20.4. The third kappa shape index (κ3) is 4.74. The van der Waals surface area contributed by atoms with Crippen LogP contribution in [0.4, 0.5) is 5.69 Å². The van der Waals surface area contributed by atoms with E-state index in [0.717, 1.165) is 5.56 Å². The van der Waals surface area contributed by atoms with Crippen LogP contribution in [-0.2, 0) is 9.59 Å². The summed E-state index contributed by atoms with van der Waals surface area (Å²) in [5.41, 5.74) is 1.86. The summed E-state index contributed by atoms with van der Waals surface area (Å²) in [6, 6.07) is 14.4. The number of ether oxygens (including phenoxy) is 2. The lowest BCUT2D eigenvalue weighted by atomic mass is 10.1. The maximum atomic E-state index is 12.8. The first-order valence-electron chi connectivity index (χ1n) is 9.60. The second-order valence-electron chi connectivity index (χ2n) is 6.63. The quantitative estimate of drug-likeness (QED) is 0.779. The lowest BCUT2D eigenvalue weighted by Crippen LogP contribution is -2.39. The summed E-state index contributed by atoms with van der Waals surface area (Å²) < 4.78 is 10.9. The Balaban J connectivity index is 1.74. The van der Waals surface area contributed by atoms with Crippen LogP contribution in [0, 0.1) is 0 Å². The van der Waals surface area contributed by atoms with Crippen molar-refractivity contribution in [1.82, 2.24) is 5.32 Å². The molecule has 3 rings (SSSR count). The summed E-state index contributed by atoms with van der Waals surface area (Å²) in [5.74, 6) is 0.850. The molecule has 1 aliphatic rings. The number of hydrazone groups is 1. The number of anilines is 1. The summed E-state index contributed by atoms with van der Waals surface area (Å²) >= 11 is 0. The number of carbonyl (C=O) groups is 2. The zero-order valence-corrected chi connectivity index (χ0v) is 16.8. The lowest BCUT2D eigenvalue weighted by Gasteiger charge is -2.24. The van der Waals surface area contributed by atoms with E-state index >= 15 is 0 Å². The van der Waals surface area contributed by atoms with Gasteiger partial charge in [-0.15, -0.1) is 0 Å². The zero-order chi connectivity index (χ0) is 20.8. The molecule has 2 aromatic rings. The molecule has 2 aromatic carbocycles. The van der Waals surface area contributed by atoms with Crippen molar-refractivity contribution in [2.45, 2.75) is 32.7 Å². The van der Waals surface area contributed by atoms with Gasteiger partial charge in [-0.1, -0.05) is 24.3 Å². The summed E-state index contributed by atoms with van der Waals surface area (Å²) in [6.07, 6.45) is 0.555. The van der Waals surface area contributed by atoms with E-state index in [9.17, 15) is 9.59 Å². The Hall–Kier alpha value is -3.35. The predicted octanol–water partition coefficient (Wildman–Crippen LogP) is 3.45. The Bertz CT molecular complexity index is 912. The van der Waals surface area contributed by atoms with Crippen LogP contribution in [0.25, 0.3) is 0 Å². The summed E-state index contributed by atoms with van der Waals surface area (Å²) in [7, 11) is 1.58. The van der Waals surface area contributed by atoms with Crippen molar-refractivity contribution in [1.29, 1.82) is 0 Å². The molecule has 0 unspecified atom stereocenters. The predicted molar refractivity (Wildman–Crippen MR) is 111 cm³/mol. The van der Waals surface area contributed by atoms with Crippen molar-refractivity contribution in [2.75, 3.05) is 18.7 Å². The number of carbonyl (C=O) groups excluding carboxylic acids is 2. The second kappa shape index (κ2) is 9.23. The van der Waals surface area contributed by atoms with Gasteiger partial charge in [0.2, 0.25) is 5.91 Å². The SMILES string of the molecule is CCOc1ccc([C@@H](C)NC(=O)C2=NN(c3ccccc3)C(=O)CC2)cc1OC. The Morgan fingerprint density at radius 3 is 2.62 bits per heavy atom. The average molecular weight is 395 g/mol. The third-order valence-corrected chi connectivity index (χ3v) is 4.63. The number of benzene rings is 2. The van der Waals surface area contributed by atoms with Crippen LogP contribution in [0.3, 0.4) is 0 Å². The fraction of sp³-hybridized carbons (Fsp3) is 0.318. The largest absolute Gasteiger partial charge is 0.493 e. The van der Waals surface area contributed by atoms with E-state index in [2.05, 4.69) is 10.4 Å². The smallest absolute Gasteiger partial charge is 0.267 e. The van der Waals surface area contributed by atoms with Gasteiger partial charge < -0.3 is 14.8 Å². The van der Waals surface area contributed by atoms with Crippen LogP contribution >= 0.6 is 0 Å². The van der Waals surface area contributed by atoms with E-state index in [1.165, 1.54) is 5.01 Å². The molecule has 1 aliphatic heterocycles. The van der Waals surface area contributed by atoms with Crippen LogP contribution in [-0.4, -0.2) is 31.2 Å². The Labute approximate surface area is 170 Å². The monoisotopic (exact) mass is 395 g/mol. The molecule has 1 atom stereocenters. The first-order valence-corrected chi connectivity index (χ1v) is 9.60. The number of methoxy groups -OCH3 is 1. The number of amides is 2. The van der Waals surface area contributed by atoms with Crippen molar-refractivity contribution in [3.8, 4) is 11.5 Å². The Kier molecular flexibility index (Phi) is 6.49. The second-order valence-corrected chi connectivity index (χ2v) is 6.63. The molecule has 2 amide bonds. The van der Waals surface area contributed by atoms with Gasteiger partial charge in [-0.3, -0.25) is 9.59 Å². The average Bonchev–Trinajstić information content (AvgIpc) is 2.75. The van der Waals surface area contributed by atoms with Crippen LogP contribution in [0.1, 0.15) is 38.3 Å². The van der Waals surface area contributed by atoms with Crippen LogP contribution < -0.4 is 19.8 Å². The fourth-order valence-electron chi connectivity index (χ4n) is 3.08. The van der Waals surface area contributed by atoms with Crippen molar-refractivity contribution in [3.05, 3.63) is 54.1 Å². The molecule has 0 bridgehead atoms. The van der Waals surface area contributed by atoms with Gasteiger partial charge in [-0.25, -0.2) is 5.01 Å². The standard InChI is InChI=1S/C22H25N3O4/c1-4-29-19-12-10-16(14-20(19)28-3)15(2)23-22(27)18-11-13-21(26)25(24-18)17-8-6-5-7-9-17/h5-10,12,14-15H,4,11,13H2,1-3H3,(H,23,27)/t15-/m1/s1. The topological polar surface area (TPSA) is 80.2 Å². The highest BCUT2D eigenvalue weighted by atomic mass is 16.5. The van der Waals surface area contributed by atoms with Gasteiger partial charge in [0.15, 0.2) is 11.5 Å². The van der Waals surface area contributed by atoms with E-state index in [0.29, 0.717) is 35.9 Å². The summed E-state index contributed by atoms with van der Waals surface area (Å²) in [4.78, 5) is 25.0.